The van der Waals surface area contributed by atoms with Gasteiger partial charge in [0.2, 0.25) is 0 Å². The molecule has 1 N–H and O–H groups in total. The van der Waals surface area contributed by atoms with Crippen molar-refractivity contribution in [3.05, 3.63) is 77.3 Å². The highest BCUT2D eigenvalue weighted by atomic mass is 16.1. The topological polar surface area (TPSA) is 111 Å². The standard InChI is InChI=1S/C23H22N8O/c1-14-3-6-21(26-10-14)17-7-18(23(32)27-13-19-12-24-15(2)11-25-19)9-20(8-17)31-22(16-4-5-16)28-29-30-31/h3,6-12,16H,4-5,13H2,1-2H3,(H,27,32). The lowest BCUT2D eigenvalue weighted by atomic mass is 10.0. The summed E-state index contributed by atoms with van der Waals surface area (Å²) in [6.45, 7) is 4.14. The second kappa shape index (κ2) is 8.26. The number of hydrogen-bond acceptors (Lipinski definition) is 7. The maximum Gasteiger partial charge on any atom is 0.251 e. The molecule has 9 nitrogen and oxygen atoms in total. The summed E-state index contributed by atoms with van der Waals surface area (Å²) in [6.07, 6.45) is 7.30. The van der Waals surface area contributed by atoms with E-state index in [2.05, 4.69) is 35.8 Å². The number of carbonyl (C=O) groups excluding carboxylic acids is 1. The molecule has 0 atom stereocenters. The Morgan fingerprint density at radius 3 is 2.66 bits per heavy atom. The average molecular weight is 426 g/mol. The van der Waals surface area contributed by atoms with E-state index < -0.39 is 0 Å². The molecular formula is C23H22N8O. The Labute approximate surface area is 185 Å². The molecule has 3 aromatic heterocycles. The van der Waals surface area contributed by atoms with Crippen molar-refractivity contribution in [3.63, 3.8) is 0 Å². The maximum atomic E-state index is 13.0. The summed E-state index contributed by atoms with van der Waals surface area (Å²) in [5.41, 5.74) is 5.41. The van der Waals surface area contributed by atoms with Crippen molar-refractivity contribution in [2.45, 2.75) is 39.2 Å². The van der Waals surface area contributed by atoms with E-state index in [0.717, 1.165) is 46.9 Å². The van der Waals surface area contributed by atoms with Crippen LogP contribution in [0, 0.1) is 13.8 Å². The van der Waals surface area contributed by atoms with Gasteiger partial charge >= 0.3 is 0 Å². The summed E-state index contributed by atoms with van der Waals surface area (Å²) in [5, 5.41) is 15.2. The molecule has 0 aliphatic heterocycles. The van der Waals surface area contributed by atoms with E-state index in [1.807, 2.05) is 44.3 Å². The van der Waals surface area contributed by atoms with E-state index in [9.17, 15) is 4.79 Å². The Morgan fingerprint density at radius 2 is 1.94 bits per heavy atom. The maximum absolute atomic E-state index is 13.0. The lowest BCUT2D eigenvalue weighted by molar-refractivity contribution is 0.0950. The summed E-state index contributed by atoms with van der Waals surface area (Å²) in [6, 6.07) is 9.54. The number of aromatic nitrogens is 7. The van der Waals surface area contributed by atoms with Crippen LogP contribution in [0.4, 0.5) is 0 Å². The van der Waals surface area contributed by atoms with Gasteiger partial charge in [-0.15, -0.1) is 5.10 Å². The first-order valence-corrected chi connectivity index (χ1v) is 10.5. The minimum atomic E-state index is -0.219. The van der Waals surface area contributed by atoms with Gasteiger partial charge < -0.3 is 5.32 Å². The molecule has 1 aliphatic carbocycles. The first-order chi connectivity index (χ1) is 15.6. The molecule has 1 aromatic carbocycles. The van der Waals surface area contributed by atoms with Gasteiger partial charge in [-0.3, -0.25) is 19.7 Å². The summed E-state index contributed by atoms with van der Waals surface area (Å²) < 4.78 is 1.72. The first-order valence-electron chi connectivity index (χ1n) is 10.5. The minimum absolute atomic E-state index is 0.219. The molecule has 1 fully saturated rings. The third-order valence-electron chi connectivity index (χ3n) is 5.33. The van der Waals surface area contributed by atoms with Crippen molar-refractivity contribution in [2.75, 3.05) is 0 Å². The molecule has 0 bridgehead atoms. The smallest absolute Gasteiger partial charge is 0.251 e. The van der Waals surface area contributed by atoms with Crippen LogP contribution in [0.3, 0.4) is 0 Å². The number of carbonyl (C=O) groups is 1. The van der Waals surface area contributed by atoms with Gasteiger partial charge in [-0.1, -0.05) is 6.07 Å². The Morgan fingerprint density at radius 1 is 1.06 bits per heavy atom. The third-order valence-corrected chi connectivity index (χ3v) is 5.33. The fourth-order valence-electron chi connectivity index (χ4n) is 3.41. The Bertz CT molecular complexity index is 1260. The fraction of sp³-hybridized carbons (Fsp3) is 0.261. The summed E-state index contributed by atoms with van der Waals surface area (Å²) in [5.74, 6) is 0.965. The van der Waals surface area contributed by atoms with E-state index in [0.29, 0.717) is 17.2 Å². The van der Waals surface area contributed by atoms with Gasteiger partial charge in [-0.05, 0) is 66.9 Å². The molecule has 4 aromatic rings. The van der Waals surface area contributed by atoms with Crippen LogP contribution in [0.15, 0.2) is 48.9 Å². The Balaban J connectivity index is 1.49. The number of tetrazole rings is 1. The number of hydrogen-bond donors (Lipinski definition) is 1. The molecule has 0 radical (unpaired) electrons. The molecule has 5 rings (SSSR count). The highest BCUT2D eigenvalue weighted by Gasteiger charge is 2.30. The highest BCUT2D eigenvalue weighted by molar-refractivity contribution is 5.96. The molecular weight excluding hydrogens is 404 g/mol. The van der Waals surface area contributed by atoms with Crippen molar-refractivity contribution in [2.24, 2.45) is 0 Å². The minimum Gasteiger partial charge on any atom is -0.346 e. The number of amides is 1. The predicted octanol–water partition coefficient (Wildman–Crippen LogP) is 2.94. The lowest BCUT2D eigenvalue weighted by Crippen LogP contribution is -2.23. The van der Waals surface area contributed by atoms with Gasteiger partial charge in [-0.25, -0.2) is 0 Å². The van der Waals surface area contributed by atoms with E-state index in [-0.39, 0.29) is 12.5 Å². The van der Waals surface area contributed by atoms with Crippen LogP contribution in [0.5, 0.6) is 0 Å². The van der Waals surface area contributed by atoms with Crippen LogP contribution >= 0.6 is 0 Å². The molecule has 1 aliphatic rings. The van der Waals surface area contributed by atoms with Crippen LogP contribution in [-0.4, -0.2) is 41.1 Å². The van der Waals surface area contributed by atoms with Crippen molar-refractivity contribution in [1.82, 2.24) is 40.5 Å². The van der Waals surface area contributed by atoms with Gasteiger partial charge in [-0.2, -0.15) is 4.68 Å². The molecule has 3 heterocycles. The fourth-order valence-corrected chi connectivity index (χ4v) is 3.41. The van der Waals surface area contributed by atoms with Crippen LogP contribution in [0.1, 0.15) is 51.9 Å². The van der Waals surface area contributed by atoms with E-state index >= 15 is 0 Å². The second-order valence-corrected chi connectivity index (χ2v) is 8.04. The zero-order valence-electron chi connectivity index (χ0n) is 17.9. The zero-order valence-corrected chi connectivity index (χ0v) is 17.9. The number of pyridine rings is 1. The molecule has 1 saturated carbocycles. The summed E-state index contributed by atoms with van der Waals surface area (Å²) >= 11 is 0. The van der Waals surface area contributed by atoms with E-state index in [1.54, 1.807) is 23.1 Å². The second-order valence-electron chi connectivity index (χ2n) is 8.04. The molecule has 0 saturated heterocycles. The summed E-state index contributed by atoms with van der Waals surface area (Å²) in [4.78, 5) is 26.1. The van der Waals surface area contributed by atoms with Gasteiger partial charge in [0.15, 0.2) is 5.82 Å². The average Bonchev–Trinajstić information content (AvgIpc) is 3.54. The van der Waals surface area contributed by atoms with Crippen LogP contribution in [-0.2, 0) is 6.54 Å². The van der Waals surface area contributed by atoms with Crippen molar-refractivity contribution in [3.8, 4) is 16.9 Å². The molecule has 0 spiro atoms. The molecule has 160 valence electrons. The normalized spacial score (nSPS) is 13.2. The lowest BCUT2D eigenvalue weighted by Gasteiger charge is -2.11. The molecule has 9 heteroatoms. The number of nitrogens with one attached hydrogen (secondary N) is 1. The number of benzene rings is 1. The zero-order chi connectivity index (χ0) is 22.1. The number of rotatable bonds is 6. The van der Waals surface area contributed by atoms with E-state index in [1.165, 1.54) is 0 Å². The SMILES string of the molecule is Cc1ccc(-c2cc(C(=O)NCc3cnc(C)cn3)cc(-n3nnnc3C3CC3)c2)nc1. The van der Waals surface area contributed by atoms with Gasteiger partial charge in [0, 0.05) is 29.4 Å². The highest BCUT2D eigenvalue weighted by Crippen LogP contribution is 2.39. The van der Waals surface area contributed by atoms with Gasteiger partial charge in [0.25, 0.3) is 5.91 Å². The van der Waals surface area contributed by atoms with Crippen molar-refractivity contribution in [1.29, 1.82) is 0 Å². The van der Waals surface area contributed by atoms with Crippen LogP contribution < -0.4 is 5.32 Å². The molecule has 32 heavy (non-hydrogen) atoms. The molecule has 1 amide bonds. The van der Waals surface area contributed by atoms with Crippen molar-refractivity contribution >= 4 is 5.91 Å². The monoisotopic (exact) mass is 426 g/mol. The van der Waals surface area contributed by atoms with E-state index in [4.69, 9.17) is 0 Å². The largest absolute Gasteiger partial charge is 0.346 e. The number of aryl methyl sites for hydroxylation is 2. The van der Waals surface area contributed by atoms with Crippen molar-refractivity contribution < 1.29 is 4.79 Å². The Kier molecular flexibility index (Phi) is 5.14. The van der Waals surface area contributed by atoms with Gasteiger partial charge in [0.05, 0.1) is 35.5 Å². The van der Waals surface area contributed by atoms with Crippen LogP contribution in [0.2, 0.25) is 0 Å². The molecule has 0 unspecified atom stereocenters. The van der Waals surface area contributed by atoms with Crippen LogP contribution in [0.25, 0.3) is 16.9 Å². The summed E-state index contributed by atoms with van der Waals surface area (Å²) in [7, 11) is 0. The first kappa shape index (κ1) is 19.9. The predicted molar refractivity (Wildman–Crippen MR) is 117 cm³/mol. The number of nitrogens with zero attached hydrogens (tertiary/aromatic N) is 7. The quantitative estimate of drug-likeness (QED) is 0.504. The van der Waals surface area contributed by atoms with Gasteiger partial charge in [0.1, 0.15) is 0 Å². The third kappa shape index (κ3) is 4.22. The Hall–Kier alpha value is -4.01.